The van der Waals surface area contributed by atoms with E-state index < -0.39 is 0 Å². The van der Waals surface area contributed by atoms with Crippen LogP contribution in [0, 0.1) is 0 Å². The quantitative estimate of drug-likeness (QED) is 0.416. The van der Waals surface area contributed by atoms with Crippen LogP contribution in [0.15, 0.2) is 6.07 Å². The molecule has 4 N–H and O–H groups in total. The molecule has 0 aromatic carbocycles. The van der Waals surface area contributed by atoms with Crippen molar-refractivity contribution in [3.8, 4) is 0 Å². The summed E-state index contributed by atoms with van der Waals surface area (Å²) in [5.41, 5.74) is 2.27. The highest BCUT2D eigenvalue weighted by Crippen LogP contribution is 2.21. The number of carbonyl (C=O) groups is 1. The van der Waals surface area contributed by atoms with Gasteiger partial charge in [0.05, 0.1) is 6.61 Å². The molecule has 1 aromatic heterocycles. The molecule has 0 saturated heterocycles. The number of aromatic nitrogens is 2. The summed E-state index contributed by atoms with van der Waals surface area (Å²) in [4.78, 5) is 19.9. The van der Waals surface area contributed by atoms with Gasteiger partial charge in [0, 0.05) is 11.5 Å². The highest BCUT2D eigenvalue weighted by molar-refractivity contribution is 5.74. The van der Waals surface area contributed by atoms with E-state index in [0.717, 1.165) is 0 Å². The lowest BCUT2D eigenvalue weighted by atomic mass is 9.96. The lowest BCUT2D eigenvalue weighted by molar-refractivity contribution is -0.140. The van der Waals surface area contributed by atoms with Crippen LogP contribution in [0.2, 0.25) is 0 Å². The van der Waals surface area contributed by atoms with Crippen molar-refractivity contribution >= 4 is 17.6 Å². The van der Waals surface area contributed by atoms with Crippen molar-refractivity contribution in [2.45, 2.75) is 33.1 Å². The van der Waals surface area contributed by atoms with E-state index in [0.29, 0.717) is 24.1 Å². The zero-order valence-corrected chi connectivity index (χ0v) is 11.8. The number of nitrogens with two attached hydrogens (primary N) is 1. The lowest BCUT2D eigenvalue weighted by Gasteiger charge is -2.18. The monoisotopic (exact) mass is 267 g/mol. The fraction of sp³-hybridized carbons (Fsp3) is 0.583. The number of anilines is 2. The van der Waals surface area contributed by atoms with E-state index in [2.05, 4.69) is 20.7 Å². The predicted molar refractivity (Wildman–Crippen MR) is 73.7 cm³/mol. The molecule has 1 aromatic rings. The van der Waals surface area contributed by atoms with E-state index in [9.17, 15) is 4.79 Å². The number of esters is 1. The molecule has 0 aliphatic carbocycles. The molecule has 19 heavy (non-hydrogen) atoms. The topological polar surface area (TPSA) is 102 Å². The minimum atomic E-state index is -0.333. The summed E-state index contributed by atoms with van der Waals surface area (Å²) >= 11 is 0. The Hall–Kier alpha value is -1.89. The van der Waals surface area contributed by atoms with Crippen LogP contribution in [-0.4, -0.2) is 29.1 Å². The van der Waals surface area contributed by atoms with E-state index in [-0.39, 0.29) is 17.9 Å². The molecule has 7 nitrogen and oxygen atoms in total. The van der Waals surface area contributed by atoms with E-state index in [1.165, 1.54) is 0 Å². The summed E-state index contributed by atoms with van der Waals surface area (Å²) in [6.07, 6.45) is 0. The maximum Gasteiger partial charge on any atom is 0.325 e. The molecular weight excluding hydrogens is 246 g/mol. The predicted octanol–water partition coefficient (Wildman–Crippen LogP) is 1.03. The summed E-state index contributed by atoms with van der Waals surface area (Å²) < 4.78 is 4.83. The van der Waals surface area contributed by atoms with Crippen molar-refractivity contribution < 1.29 is 9.53 Å². The summed E-state index contributed by atoms with van der Waals surface area (Å²) in [7, 11) is 0. The van der Waals surface area contributed by atoms with Crippen molar-refractivity contribution in [3.63, 3.8) is 0 Å². The van der Waals surface area contributed by atoms with E-state index in [1.807, 2.05) is 20.8 Å². The van der Waals surface area contributed by atoms with Gasteiger partial charge < -0.3 is 15.5 Å². The molecule has 0 spiro atoms. The number of nitrogens with zero attached hydrogens (tertiary/aromatic N) is 2. The van der Waals surface area contributed by atoms with Gasteiger partial charge in [0.2, 0.25) is 0 Å². The van der Waals surface area contributed by atoms with Gasteiger partial charge in [-0.2, -0.15) is 0 Å². The number of hydrogen-bond donors (Lipinski definition) is 3. The van der Waals surface area contributed by atoms with Gasteiger partial charge in [-0.1, -0.05) is 20.8 Å². The Morgan fingerprint density at radius 2 is 2.00 bits per heavy atom. The second-order valence-corrected chi connectivity index (χ2v) is 5.01. The first kappa shape index (κ1) is 15.2. The number of ether oxygens (including phenoxy) is 1. The smallest absolute Gasteiger partial charge is 0.325 e. The van der Waals surface area contributed by atoms with Crippen LogP contribution in [-0.2, 0) is 14.9 Å². The van der Waals surface area contributed by atoms with Crippen molar-refractivity contribution in [2.75, 3.05) is 23.9 Å². The molecule has 0 saturated carbocycles. The van der Waals surface area contributed by atoms with Gasteiger partial charge in [-0.05, 0) is 6.92 Å². The molecule has 0 amide bonds. The van der Waals surface area contributed by atoms with E-state index in [1.54, 1.807) is 13.0 Å². The van der Waals surface area contributed by atoms with E-state index >= 15 is 0 Å². The molecule has 0 aliphatic rings. The SMILES string of the molecule is CCOC(=O)CNc1cc(NN)nc(C(C)(C)C)n1. The Morgan fingerprint density at radius 3 is 2.53 bits per heavy atom. The third-order valence-corrected chi connectivity index (χ3v) is 2.26. The van der Waals surface area contributed by atoms with Gasteiger partial charge in [0.25, 0.3) is 0 Å². The van der Waals surface area contributed by atoms with Crippen molar-refractivity contribution in [2.24, 2.45) is 5.84 Å². The number of hydrogen-bond acceptors (Lipinski definition) is 7. The van der Waals surface area contributed by atoms with Gasteiger partial charge in [-0.25, -0.2) is 15.8 Å². The van der Waals surface area contributed by atoms with Crippen LogP contribution in [0.25, 0.3) is 0 Å². The fourth-order valence-corrected chi connectivity index (χ4v) is 1.32. The third kappa shape index (κ3) is 4.70. The molecule has 1 heterocycles. The Kier molecular flexibility index (Phi) is 5.05. The van der Waals surface area contributed by atoms with E-state index in [4.69, 9.17) is 10.6 Å². The fourth-order valence-electron chi connectivity index (χ4n) is 1.32. The number of hydrazine groups is 1. The number of nitrogens with one attached hydrogen (secondary N) is 2. The molecule has 0 radical (unpaired) electrons. The minimum absolute atomic E-state index is 0.0540. The molecule has 7 heteroatoms. The second kappa shape index (κ2) is 6.33. The summed E-state index contributed by atoms with van der Waals surface area (Å²) in [6, 6.07) is 1.63. The van der Waals surface area contributed by atoms with Gasteiger partial charge in [0.15, 0.2) is 0 Å². The largest absolute Gasteiger partial charge is 0.465 e. The molecule has 106 valence electrons. The summed E-state index contributed by atoms with van der Waals surface area (Å²) in [5.74, 6) is 6.70. The molecule has 1 rings (SSSR count). The molecule has 0 atom stereocenters. The first-order valence-corrected chi connectivity index (χ1v) is 6.12. The molecule has 0 unspecified atom stereocenters. The van der Waals surface area contributed by atoms with Crippen molar-refractivity contribution in [1.29, 1.82) is 0 Å². The number of carbonyl (C=O) groups excluding carboxylic acids is 1. The molecular formula is C12H21N5O2. The van der Waals surface area contributed by atoms with Crippen molar-refractivity contribution in [3.05, 3.63) is 11.9 Å². The summed E-state index contributed by atoms with van der Waals surface area (Å²) in [6.45, 7) is 8.16. The first-order chi connectivity index (χ1) is 8.86. The number of nitrogen functional groups attached to an aromatic ring is 1. The average Bonchev–Trinajstić information content (AvgIpc) is 2.35. The maximum atomic E-state index is 11.3. The van der Waals surface area contributed by atoms with Crippen LogP contribution in [0.4, 0.5) is 11.6 Å². The number of rotatable bonds is 5. The maximum absolute atomic E-state index is 11.3. The van der Waals surface area contributed by atoms with Crippen LogP contribution in [0.5, 0.6) is 0 Å². The normalized spacial score (nSPS) is 11.0. The van der Waals surface area contributed by atoms with Crippen LogP contribution in [0.1, 0.15) is 33.5 Å². The zero-order valence-electron chi connectivity index (χ0n) is 11.8. The van der Waals surface area contributed by atoms with Crippen LogP contribution < -0.4 is 16.6 Å². The van der Waals surface area contributed by atoms with Crippen LogP contribution in [0.3, 0.4) is 0 Å². The third-order valence-electron chi connectivity index (χ3n) is 2.26. The first-order valence-electron chi connectivity index (χ1n) is 6.12. The van der Waals surface area contributed by atoms with Crippen LogP contribution >= 0.6 is 0 Å². The molecule has 0 aliphatic heterocycles. The van der Waals surface area contributed by atoms with Gasteiger partial charge >= 0.3 is 5.97 Å². The Labute approximate surface area is 112 Å². The van der Waals surface area contributed by atoms with Crippen molar-refractivity contribution in [1.82, 2.24) is 9.97 Å². The highest BCUT2D eigenvalue weighted by atomic mass is 16.5. The highest BCUT2D eigenvalue weighted by Gasteiger charge is 2.19. The Bertz CT molecular complexity index is 442. The zero-order chi connectivity index (χ0) is 14.5. The summed E-state index contributed by atoms with van der Waals surface area (Å²) in [5, 5.41) is 2.90. The molecule has 0 fully saturated rings. The lowest BCUT2D eigenvalue weighted by Crippen LogP contribution is -2.22. The minimum Gasteiger partial charge on any atom is -0.465 e. The van der Waals surface area contributed by atoms with Gasteiger partial charge in [-0.3, -0.25) is 4.79 Å². The Morgan fingerprint density at radius 1 is 1.37 bits per heavy atom. The van der Waals surface area contributed by atoms with Gasteiger partial charge in [-0.15, -0.1) is 0 Å². The standard InChI is InChI=1S/C12H21N5O2/c1-5-19-10(18)7-14-8-6-9(17-13)16-11(15-8)12(2,3)4/h6H,5,7,13H2,1-4H3,(H2,14,15,16,17). The Balaban J connectivity index is 2.86. The second-order valence-electron chi connectivity index (χ2n) is 5.01. The average molecular weight is 267 g/mol. The molecule has 0 bridgehead atoms. The van der Waals surface area contributed by atoms with Gasteiger partial charge in [0.1, 0.15) is 24.0 Å².